The molecule has 3 heterocycles. The smallest absolute Gasteiger partial charge is 0.167 e. The molecule has 9 nitrogen and oxygen atoms in total. The monoisotopic (exact) mass is 293 g/mol. The van der Waals surface area contributed by atoms with E-state index in [0.717, 1.165) is 0 Å². The molecular formula is C12H15N5O4. The number of imidazole rings is 1. The minimum Gasteiger partial charge on any atom is -0.390 e. The Bertz CT molecular complexity index is 706. The van der Waals surface area contributed by atoms with Gasteiger partial charge < -0.3 is 25.8 Å². The van der Waals surface area contributed by atoms with Gasteiger partial charge in [0.15, 0.2) is 17.7 Å². The Morgan fingerprint density at radius 1 is 1.29 bits per heavy atom. The molecule has 9 heteroatoms. The Balaban J connectivity index is 1.78. The highest BCUT2D eigenvalue weighted by atomic mass is 16.6. The van der Waals surface area contributed by atoms with E-state index in [9.17, 15) is 15.3 Å². The molecule has 1 saturated carbocycles. The summed E-state index contributed by atoms with van der Waals surface area (Å²) in [5, 5.41) is 30.4. The Kier molecular flexibility index (Phi) is 2.52. The predicted molar refractivity (Wildman–Crippen MR) is 69.8 cm³/mol. The highest BCUT2D eigenvalue weighted by Crippen LogP contribution is 2.49. The summed E-state index contributed by atoms with van der Waals surface area (Å²) in [4.78, 5) is 12.0. The zero-order chi connectivity index (χ0) is 14.8. The molecule has 1 saturated heterocycles. The largest absolute Gasteiger partial charge is 0.390 e. The van der Waals surface area contributed by atoms with Gasteiger partial charge in [0, 0.05) is 0 Å². The molecule has 0 bridgehead atoms. The van der Waals surface area contributed by atoms with Crippen molar-refractivity contribution in [2.24, 2.45) is 0 Å². The van der Waals surface area contributed by atoms with Crippen molar-refractivity contribution in [3.8, 4) is 0 Å². The third-order valence-electron chi connectivity index (χ3n) is 4.49. The average Bonchev–Trinajstić information content (AvgIpc) is 3.01. The topological polar surface area (TPSA) is 140 Å². The summed E-state index contributed by atoms with van der Waals surface area (Å²) in [7, 11) is 0. The minimum atomic E-state index is -1.19. The number of hydrogen-bond acceptors (Lipinski definition) is 8. The number of nitrogens with zero attached hydrogens (tertiary/aromatic N) is 4. The molecule has 0 radical (unpaired) electrons. The van der Waals surface area contributed by atoms with Gasteiger partial charge in [-0.3, -0.25) is 4.57 Å². The molecule has 1 spiro atoms. The van der Waals surface area contributed by atoms with Gasteiger partial charge in [-0.2, -0.15) is 0 Å². The molecule has 5 N–H and O–H groups in total. The van der Waals surface area contributed by atoms with Gasteiger partial charge in [0.1, 0.15) is 29.7 Å². The van der Waals surface area contributed by atoms with E-state index >= 15 is 0 Å². The number of aliphatic hydroxyl groups excluding tert-OH is 3. The van der Waals surface area contributed by atoms with E-state index in [4.69, 9.17) is 10.5 Å². The van der Waals surface area contributed by atoms with Crippen LogP contribution in [0.1, 0.15) is 19.1 Å². The van der Waals surface area contributed by atoms with Gasteiger partial charge in [0.25, 0.3) is 0 Å². The van der Waals surface area contributed by atoms with Crippen molar-refractivity contribution in [2.45, 2.75) is 43.0 Å². The van der Waals surface area contributed by atoms with Crippen molar-refractivity contribution in [1.82, 2.24) is 19.5 Å². The van der Waals surface area contributed by atoms with Crippen LogP contribution in [0.5, 0.6) is 0 Å². The van der Waals surface area contributed by atoms with Gasteiger partial charge in [-0.25, -0.2) is 15.0 Å². The first-order valence-electron chi connectivity index (χ1n) is 6.69. The maximum atomic E-state index is 10.3. The van der Waals surface area contributed by atoms with Crippen molar-refractivity contribution in [2.75, 3.05) is 5.73 Å². The molecule has 5 atom stereocenters. The standard InChI is InChI=1S/C12H15N5O4/c13-9-6-10(15-3-14-9)17(4-16-6)11-7(19)8(20)12(21-11)2-1-5(12)18/h3-5,7-8,11,18-20H,1-2H2,(H2,13,14,15)/t5-,7?,8-,11?,12-/m1/s1. The van der Waals surface area contributed by atoms with E-state index in [1.165, 1.54) is 17.2 Å². The molecule has 2 unspecified atom stereocenters. The second-order valence-electron chi connectivity index (χ2n) is 5.54. The van der Waals surface area contributed by atoms with Gasteiger partial charge in [-0.05, 0) is 12.8 Å². The van der Waals surface area contributed by atoms with Crippen molar-refractivity contribution in [3.63, 3.8) is 0 Å². The molecule has 112 valence electrons. The second-order valence-corrected chi connectivity index (χ2v) is 5.54. The van der Waals surface area contributed by atoms with Gasteiger partial charge in [0.05, 0.1) is 12.4 Å². The lowest BCUT2D eigenvalue weighted by Gasteiger charge is -2.44. The van der Waals surface area contributed by atoms with E-state index < -0.39 is 30.1 Å². The van der Waals surface area contributed by atoms with Crippen LogP contribution in [0.2, 0.25) is 0 Å². The van der Waals surface area contributed by atoms with Crippen LogP contribution >= 0.6 is 0 Å². The maximum Gasteiger partial charge on any atom is 0.167 e. The lowest BCUT2D eigenvalue weighted by molar-refractivity contribution is -0.213. The summed E-state index contributed by atoms with van der Waals surface area (Å²) in [6.45, 7) is 0. The number of nitrogens with two attached hydrogens (primary N) is 1. The van der Waals surface area contributed by atoms with Crippen LogP contribution in [0.3, 0.4) is 0 Å². The van der Waals surface area contributed by atoms with Crippen LogP contribution in [0.4, 0.5) is 5.82 Å². The highest BCUT2D eigenvalue weighted by Gasteiger charge is 2.63. The van der Waals surface area contributed by atoms with Crippen molar-refractivity contribution in [1.29, 1.82) is 0 Å². The normalized spacial score (nSPS) is 39.0. The summed E-state index contributed by atoms with van der Waals surface area (Å²) in [6.07, 6.45) is -0.266. The maximum absolute atomic E-state index is 10.3. The fourth-order valence-corrected chi connectivity index (χ4v) is 3.13. The van der Waals surface area contributed by atoms with E-state index in [-0.39, 0.29) is 5.82 Å². The lowest BCUT2D eigenvalue weighted by Crippen LogP contribution is -2.59. The molecule has 2 aromatic heterocycles. The molecule has 2 aliphatic rings. The fourth-order valence-electron chi connectivity index (χ4n) is 3.13. The van der Waals surface area contributed by atoms with Crippen LogP contribution < -0.4 is 5.73 Å². The first-order valence-corrected chi connectivity index (χ1v) is 6.69. The fraction of sp³-hybridized carbons (Fsp3) is 0.583. The number of nitrogen functional groups attached to an aromatic ring is 1. The second kappa shape index (κ2) is 4.10. The minimum absolute atomic E-state index is 0.227. The summed E-state index contributed by atoms with van der Waals surface area (Å²) in [5.41, 5.74) is 5.42. The number of aromatic nitrogens is 4. The van der Waals surface area contributed by atoms with Crippen molar-refractivity contribution in [3.05, 3.63) is 12.7 Å². The zero-order valence-corrected chi connectivity index (χ0v) is 11.0. The molecule has 21 heavy (non-hydrogen) atoms. The number of aliphatic hydroxyl groups is 3. The first kappa shape index (κ1) is 12.9. The molecule has 2 fully saturated rings. The highest BCUT2D eigenvalue weighted by molar-refractivity contribution is 5.81. The predicted octanol–water partition coefficient (Wildman–Crippen LogP) is -1.45. The average molecular weight is 293 g/mol. The van der Waals surface area contributed by atoms with Crippen molar-refractivity contribution >= 4 is 17.0 Å². The Morgan fingerprint density at radius 3 is 2.71 bits per heavy atom. The molecule has 2 aromatic rings. The molecule has 0 amide bonds. The number of ether oxygens (including phenoxy) is 1. The Labute approximate surface area is 119 Å². The van der Waals surface area contributed by atoms with E-state index in [2.05, 4.69) is 15.0 Å². The van der Waals surface area contributed by atoms with Gasteiger partial charge in [-0.1, -0.05) is 0 Å². The van der Waals surface area contributed by atoms with Crippen LogP contribution in [0, 0.1) is 0 Å². The van der Waals surface area contributed by atoms with E-state index in [0.29, 0.717) is 24.0 Å². The number of hydrogen-bond donors (Lipinski definition) is 4. The van der Waals surface area contributed by atoms with Crippen LogP contribution in [-0.2, 0) is 4.74 Å². The molecule has 0 aromatic carbocycles. The third-order valence-corrected chi connectivity index (χ3v) is 4.49. The van der Waals surface area contributed by atoms with Crippen molar-refractivity contribution < 1.29 is 20.1 Å². The summed E-state index contributed by atoms with van der Waals surface area (Å²) in [5.74, 6) is 0.227. The van der Waals surface area contributed by atoms with Gasteiger partial charge in [-0.15, -0.1) is 0 Å². The van der Waals surface area contributed by atoms with Gasteiger partial charge >= 0.3 is 0 Å². The summed E-state index contributed by atoms with van der Waals surface area (Å²) >= 11 is 0. The Morgan fingerprint density at radius 2 is 2.10 bits per heavy atom. The Hall–Kier alpha value is -1.81. The van der Waals surface area contributed by atoms with Crippen LogP contribution in [-0.4, -0.2) is 58.8 Å². The zero-order valence-electron chi connectivity index (χ0n) is 11.0. The SMILES string of the molecule is Nc1ncnc2c1ncn2C1O[C@@]2(CC[C@H]2O)[C@H](O)C1O. The molecule has 1 aliphatic carbocycles. The number of fused-ring (bicyclic) bond motifs is 1. The number of anilines is 1. The van der Waals surface area contributed by atoms with E-state index in [1.807, 2.05) is 0 Å². The summed E-state index contributed by atoms with van der Waals surface area (Å²) < 4.78 is 7.29. The molecular weight excluding hydrogens is 278 g/mol. The first-order chi connectivity index (χ1) is 10.0. The summed E-state index contributed by atoms with van der Waals surface area (Å²) in [6, 6.07) is 0. The molecule has 1 aliphatic heterocycles. The molecule has 4 rings (SSSR count). The number of rotatable bonds is 1. The van der Waals surface area contributed by atoms with Crippen LogP contribution in [0.25, 0.3) is 11.2 Å². The van der Waals surface area contributed by atoms with E-state index in [1.54, 1.807) is 0 Å². The quantitative estimate of drug-likeness (QED) is 0.501. The third kappa shape index (κ3) is 1.51. The van der Waals surface area contributed by atoms with Crippen LogP contribution in [0.15, 0.2) is 12.7 Å². The van der Waals surface area contributed by atoms with Gasteiger partial charge in [0.2, 0.25) is 0 Å². The lowest BCUT2D eigenvalue weighted by atomic mass is 9.73.